The number of ether oxygens (including phenoxy) is 1. The number of piperidine rings is 1. The van der Waals surface area contributed by atoms with Crippen molar-refractivity contribution in [2.24, 2.45) is 5.41 Å². The molecule has 21 heavy (non-hydrogen) atoms. The molecule has 2 atom stereocenters. The number of hydrogen-bond donors (Lipinski definition) is 0. The first kappa shape index (κ1) is 15.6. The van der Waals surface area contributed by atoms with Crippen molar-refractivity contribution in [3.63, 3.8) is 0 Å². The molecule has 2 fully saturated rings. The zero-order valence-electron chi connectivity index (χ0n) is 13.0. The molecule has 116 valence electrons. The number of fused-ring (bicyclic) bond motifs is 1. The molecule has 1 aromatic carbocycles. The number of rotatable bonds is 4. The molecule has 2 aliphatic rings. The fourth-order valence-corrected chi connectivity index (χ4v) is 4.49. The summed E-state index contributed by atoms with van der Waals surface area (Å²) < 4.78 is 5.57. The van der Waals surface area contributed by atoms with Crippen LogP contribution in [0.2, 0.25) is 10.0 Å². The Morgan fingerprint density at radius 2 is 2.05 bits per heavy atom. The van der Waals surface area contributed by atoms with Crippen molar-refractivity contribution in [1.82, 2.24) is 4.90 Å². The first-order valence-electron chi connectivity index (χ1n) is 7.63. The van der Waals surface area contributed by atoms with E-state index in [9.17, 15) is 0 Å². The van der Waals surface area contributed by atoms with E-state index in [1.807, 2.05) is 6.07 Å². The number of methoxy groups -OCH3 is 1. The molecule has 1 aliphatic carbocycles. The maximum atomic E-state index is 6.24. The Morgan fingerprint density at radius 3 is 2.67 bits per heavy atom. The van der Waals surface area contributed by atoms with Gasteiger partial charge in [0.05, 0.1) is 16.7 Å². The van der Waals surface area contributed by atoms with Crippen LogP contribution in [-0.2, 0) is 10.2 Å². The Hall–Kier alpha value is -0.280. The number of benzene rings is 1. The predicted octanol–water partition coefficient (Wildman–Crippen LogP) is 4.38. The Labute approximate surface area is 137 Å². The van der Waals surface area contributed by atoms with Gasteiger partial charge in [-0.15, -0.1) is 0 Å². The molecule has 2 nitrogen and oxygen atoms in total. The van der Waals surface area contributed by atoms with Gasteiger partial charge in [-0.1, -0.05) is 29.3 Å². The van der Waals surface area contributed by atoms with Crippen LogP contribution in [0.5, 0.6) is 0 Å². The van der Waals surface area contributed by atoms with Crippen LogP contribution in [0, 0.1) is 5.41 Å². The zero-order valence-corrected chi connectivity index (χ0v) is 14.5. The van der Waals surface area contributed by atoms with Gasteiger partial charge in [0.15, 0.2) is 0 Å². The highest BCUT2D eigenvalue weighted by molar-refractivity contribution is 6.42. The van der Waals surface area contributed by atoms with E-state index in [0.717, 1.165) is 19.7 Å². The summed E-state index contributed by atoms with van der Waals surface area (Å²) in [7, 11) is 1.81. The number of hydrogen-bond acceptors (Lipinski definition) is 2. The van der Waals surface area contributed by atoms with Crippen LogP contribution in [0.3, 0.4) is 0 Å². The van der Waals surface area contributed by atoms with Crippen LogP contribution in [0.15, 0.2) is 18.2 Å². The summed E-state index contributed by atoms with van der Waals surface area (Å²) >= 11 is 12.3. The molecule has 0 radical (unpaired) electrons. The SMILES string of the molecule is COC[C@@]12CN(C(C)C)CC[C@]1(c1ccc(Cl)c(Cl)c1)C2. The second-order valence-electron chi connectivity index (χ2n) is 6.92. The molecule has 0 unspecified atom stereocenters. The van der Waals surface area contributed by atoms with E-state index in [-0.39, 0.29) is 10.8 Å². The van der Waals surface area contributed by atoms with Crippen LogP contribution in [0.1, 0.15) is 32.3 Å². The summed E-state index contributed by atoms with van der Waals surface area (Å²) in [5.74, 6) is 0. The molecule has 0 amide bonds. The lowest BCUT2D eigenvalue weighted by atomic mass is 9.80. The molecular weight excluding hydrogens is 305 g/mol. The molecule has 3 rings (SSSR count). The molecule has 0 spiro atoms. The van der Waals surface area contributed by atoms with E-state index in [4.69, 9.17) is 27.9 Å². The molecule has 4 heteroatoms. The largest absolute Gasteiger partial charge is 0.384 e. The van der Waals surface area contributed by atoms with E-state index in [1.54, 1.807) is 7.11 Å². The molecule has 1 aliphatic heterocycles. The van der Waals surface area contributed by atoms with Gasteiger partial charge < -0.3 is 9.64 Å². The monoisotopic (exact) mass is 327 g/mol. The summed E-state index contributed by atoms with van der Waals surface area (Å²) in [5, 5.41) is 1.29. The van der Waals surface area contributed by atoms with Crippen molar-refractivity contribution in [1.29, 1.82) is 0 Å². The summed E-state index contributed by atoms with van der Waals surface area (Å²) in [6.45, 7) is 7.61. The van der Waals surface area contributed by atoms with Crippen molar-refractivity contribution in [2.75, 3.05) is 26.8 Å². The summed E-state index contributed by atoms with van der Waals surface area (Å²) in [5.41, 5.74) is 1.79. The molecule has 0 bridgehead atoms. The smallest absolute Gasteiger partial charge is 0.0595 e. The summed E-state index contributed by atoms with van der Waals surface area (Å²) in [6.07, 6.45) is 2.36. The van der Waals surface area contributed by atoms with E-state index in [2.05, 4.69) is 30.9 Å². The molecule has 1 heterocycles. The Kier molecular flexibility index (Phi) is 4.03. The summed E-state index contributed by atoms with van der Waals surface area (Å²) in [6, 6.07) is 6.73. The lowest BCUT2D eigenvalue weighted by Crippen LogP contribution is -2.46. The van der Waals surface area contributed by atoms with Gasteiger partial charge >= 0.3 is 0 Å². The third-order valence-corrected chi connectivity index (χ3v) is 6.22. The minimum Gasteiger partial charge on any atom is -0.384 e. The normalized spacial score (nSPS) is 32.3. The van der Waals surface area contributed by atoms with Crippen LogP contribution in [-0.4, -0.2) is 37.7 Å². The highest BCUT2D eigenvalue weighted by atomic mass is 35.5. The van der Waals surface area contributed by atoms with E-state index in [1.165, 1.54) is 18.4 Å². The van der Waals surface area contributed by atoms with E-state index in [0.29, 0.717) is 16.1 Å². The average Bonchev–Trinajstić information content (AvgIpc) is 3.11. The van der Waals surface area contributed by atoms with Gasteiger partial charge in [-0.2, -0.15) is 0 Å². The highest BCUT2D eigenvalue weighted by Crippen LogP contribution is 2.69. The molecule has 0 N–H and O–H groups in total. The highest BCUT2D eigenvalue weighted by Gasteiger charge is 2.69. The molecule has 1 saturated carbocycles. The fraction of sp³-hybridized carbons (Fsp3) is 0.647. The molecule has 1 aromatic rings. The molecule has 0 aromatic heterocycles. The van der Waals surface area contributed by atoms with E-state index < -0.39 is 0 Å². The number of nitrogens with zero attached hydrogens (tertiary/aromatic N) is 1. The number of likely N-dealkylation sites (tertiary alicyclic amines) is 1. The summed E-state index contributed by atoms with van der Waals surface area (Å²) in [4.78, 5) is 2.57. The van der Waals surface area contributed by atoms with Gasteiger partial charge in [0.2, 0.25) is 0 Å². The second kappa shape index (κ2) is 5.42. The standard InChI is InChI=1S/C17H23Cl2NO/c1-12(2)20-7-6-17(9-16(17,10-20)11-21-3)13-4-5-14(18)15(19)8-13/h4-5,8,12H,6-7,9-11H2,1-3H3/t16-,17-/m1/s1. The third-order valence-electron chi connectivity index (χ3n) is 5.48. The lowest BCUT2D eigenvalue weighted by Gasteiger charge is -2.40. The Balaban J connectivity index is 1.93. The van der Waals surface area contributed by atoms with Crippen molar-refractivity contribution in [3.8, 4) is 0 Å². The molecular formula is C17H23Cl2NO. The minimum absolute atomic E-state index is 0.225. The quantitative estimate of drug-likeness (QED) is 0.813. The van der Waals surface area contributed by atoms with Gasteiger partial charge in [-0.3, -0.25) is 0 Å². The van der Waals surface area contributed by atoms with Gasteiger partial charge in [0.1, 0.15) is 0 Å². The first-order valence-corrected chi connectivity index (χ1v) is 8.38. The first-order chi connectivity index (χ1) is 9.94. The van der Waals surface area contributed by atoms with Gasteiger partial charge in [0, 0.05) is 30.5 Å². The van der Waals surface area contributed by atoms with Crippen LogP contribution >= 0.6 is 23.2 Å². The average molecular weight is 328 g/mol. The van der Waals surface area contributed by atoms with Gasteiger partial charge in [0.25, 0.3) is 0 Å². The maximum absolute atomic E-state index is 6.24. The number of halogens is 2. The predicted molar refractivity (Wildman–Crippen MR) is 88.4 cm³/mol. The third kappa shape index (κ3) is 2.41. The maximum Gasteiger partial charge on any atom is 0.0595 e. The Bertz CT molecular complexity index is 548. The second-order valence-corrected chi connectivity index (χ2v) is 7.73. The Morgan fingerprint density at radius 1 is 1.29 bits per heavy atom. The lowest BCUT2D eigenvalue weighted by molar-refractivity contribution is 0.0547. The zero-order chi connectivity index (χ0) is 15.3. The van der Waals surface area contributed by atoms with E-state index >= 15 is 0 Å². The fourth-order valence-electron chi connectivity index (χ4n) is 4.19. The topological polar surface area (TPSA) is 12.5 Å². The van der Waals surface area contributed by atoms with Crippen molar-refractivity contribution in [3.05, 3.63) is 33.8 Å². The van der Waals surface area contributed by atoms with Crippen molar-refractivity contribution in [2.45, 2.75) is 38.1 Å². The molecule has 1 saturated heterocycles. The van der Waals surface area contributed by atoms with Crippen LogP contribution in [0.25, 0.3) is 0 Å². The minimum atomic E-state index is 0.225. The van der Waals surface area contributed by atoms with Crippen molar-refractivity contribution >= 4 is 23.2 Å². The van der Waals surface area contributed by atoms with Crippen LogP contribution in [0.4, 0.5) is 0 Å². The van der Waals surface area contributed by atoms with Crippen molar-refractivity contribution < 1.29 is 4.74 Å². The van der Waals surface area contributed by atoms with Gasteiger partial charge in [-0.25, -0.2) is 0 Å². The van der Waals surface area contributed by atoms with Gasteiger partial charge in [-0.05, 0) is 50.9 Å². The van der Waals surface area contributed by atoms with Crippen LogP contribution < -0.4 is 0 Å².